The van der Waals surface area contributed by atoms with E-state index in [-0.39, 0.29) is 171 Å². The van der Waals surface area contributed by atoms with E-state index in [0.29, 0.717) is 74.1 Å². The second-order valence-electron chi connectivity index (χ2n) is 36.4. The fraction of sp³-hybridized carbons (Fsp3) is 0.333. The summed E-state index contributed by atoms with van der Waals surface area (Å²) >= 11 is 0. The van der Waals surface area contributed by atoms with Gasteiger partial charge in [-0.25, -0.2) is 0 Å². The third kappa shape index (κ3) is 22.3. The van der Waals surface area contributed by atoms with Crippen LogP contribution in [0.2, 0.25) is 0 Å². The van der Waals surface area contributed by atoms with Crippen LogP contribution in [0.1, 0.15) is 135 Å². The van der Waals surface area contributed by atoms with Gasteiger partial charge >= 0.3 is 0 Å². The van der Waals surface area contributed by atoms with Crippen LogP contribution < -0.4 is 42.5 Å². The smallest absolute Gasteiger partial charge is 0.253 e. The van der Waals surface area contributed by atoms with Crippen molar-refractivity contribution in [2.75, 3.05) is 78.5 Å². The molecular formula is C108H112N12O12. The highest BCUT2D eigenvalue weighted by molar-refractivity contribution is 6.02. The molecule has 0 bridgehead atoms. The molecule has 8 aliphatic rings. The van der Waals surface area contributed by atoms with Crippen LogP contribution in [0.5, 0.6) is 0 Å². The SMILES string of the molecule is O=C(NCCc1ccccc1)[C@@H]1CN(C(=O)c2ccc(C(=O)N3C[C@@H](C(=O)NC4C[C@@H]4c4ccccc4)[C@H](C(=O)N[C@H]4C[C@@H]4c4ccccc4)C3)cc2)C[C@H]1C(=O)N[C@H]1C[C@@H]1c1ccccc1.O=C(NCCc1ccccc1)[C@@H]1CN(C(=O)c2ccc(C(=O)N3C[C@@H](C(=O)NCCc4ccccc4)[C@H](C(=O)N[C@H]4C[C@@H]4c4ccccc4)C3)cc2)C[C@H]1C(=O)NCCc1ccccc1. The fourth-order valence-electron chi connectivity index (χ4n) is 19.5. The van der Waals surface area contributed by atoms with E-state index in [4.69, 9.17) is 0 Å². The second-order valence-corrected chi connectivity index (χ2v) is 36.4. The third-order valence-electron chi connectivity index (χ3n) is 27.5. The monoisotopic (exact) mass is 1770 g/mol. The normalized spacial score (nSPS) is 23.9. The van der Waals surface area contributed by atoms with Crippen LogP contribution >= 0.6 is 0 Å². The number of hydrogen-bond acceptors (Lipinski definition) is 12. The minimum atomic E-state index is -0.750. The Morgan fingerprint density at radius 3 is 0.538 bits per heavy atom. The minimum absolute atomic E-state index is 0.0332. The van der Waals surface area contributed by atoms with Gasteiger partial charge in [0.15, 0.2) is 0 Å². The summed E-state index contributed by atoms with van der Waals surface area (Å²) in [5.41, 5.74) is 10.2. The Hall–Kier alpha value is -14.2. The number of carbonyl (C=O) groups is 12. The molecule has 4 heterocycles. The van der Waals surface area contributed by atoms with E-state index in [1.807, 2.05) is 194 Å². The summed E-state index contributed by atoms with van der Waals surface area (Å²) in [6.45, 7) is 2.15. The Morgan fingerprint density at radius 2 is 0.364 bits per heavy atom. The van der Waals surface area contributed by atoms with Gasteiger partial charge in [0.1, 0.15) is 0 Å². The molecule has 0 aromatic heterocycles. The molecule has 24 heteroatoms. The summed E-state index contributed by atoms with van der Waals surface area (Å²) in [7, 11) is 0. The standard InChI is InChI=1S/C55H56N6O6.C53H56N6O6/c62-50(56-26-25-34-13-5-1-6-14-34)43-30-60(31-44(43)51(63)57-47-27-40(47)35-15-7-2-8-16-35)54(66)38-21-23-39(24-22-38)55(67)61-32-45(52(64)58-48-28-41(48)36-17-9-3-10-18-36)46(33-61)53(65)59-49-29-42(49)37-19-11-4-12-20-37;60-48(54-28-25-36-13-5-1-6-14-36)43-32-58(33-44(43)49(61)55-29-26-37-15-7-2-8-16-37)52(64)40-21-23-41(24-22-40)53(65)59-34-45(50(62)56-30-27-38-17-9-3-10-18-38)46(35-59)51(63)57-47-31-42(47)39-19-11-4-12-20-39/h1-24,40-49H,25-33H2,(H,56,62)(H,57,63)(H,58,64)(H,59,65);1-24,42-47H,25-35H2,(H,54,60)(H,55,61)(H,56,62)(H,57,63)/t40-,41-,42-,43-,44-,45-,46-,47+,48+,49?;42-,43-,44-,45-,46-,47+/m11/s1. The van der Waals surface area contributed by atoms with Gasteiger partial charge in [-0.3, -0.25) is 57.5 Å². The number of nitrogens with one attached hydrogen (secondary N) is 8. The topological polar surface area (TPSA) is 314 Å². The zero-order valence-electron chi connectivity index (χ0n) is 73.8. The molecule has 10 aromatic rings. The summed E-state index contributed by atoms with van der Waals surface area (Å²) in [6, 6.07) is 92.0. The number of carbonyl (C=O) groups excluding carboxylic acids is 12. The molecule has 132 heavy (non-hydrogen) atoms. The lowest BCUT2D eigenvalue weighted by molar-refractivity contribution is -0.133. The molecule has 10 aromatic carbocycles. The number of likely N-dealkylation sites (tertiary alicyclic amines) is 4. The van der Waals surface area contributed by atoms with E-state index in [0.717, 1.165) is 70.2 Å². The van der Waals surface area contributed by atoms with Crippen LogP contribution in [0.25, 0.3) is 0 Å². The first-order valence-corrected chi connectivity index (χ1v) is 46.4. The second kappa shape index (κ2) is 41.7. The number of hydrogen-bond donors (Lipinski definition) is 8. The average Bonchev–Trinajstić information content (AvgIpc) is 1.63. The Morgan fingerprint density at radius 1 is 0.205 bits per heavy atom. The number of rotatable bonds is 32. The molecule has 676 valence electrons. The lowest BCUT2D eigenvalue weighted by atomic mass is 9.94. The number of benzene rings is 10. The largest absolute Gasteiger partial charge is 0.355 e. The zero-order valence-corrected chi connectivity index (χ0v) is 73.8. The van der Waals surface area contributed by atoms with Crippen LogP contribution in [0.4, 0.5) is 0 Å². The van der Waals surface area contributed by atoms with Crippen molar-refractivity contribution >= 4 is 70.9 Å². The minimum Gasteiger partial charge on any atom is -0.355 e. The summed E-state index contributed by atoms with van der Waals surface area (Å²) in [5, 5.41) is 24.7. The van der Waals surface area contributed by atoms with Gasteiger partial charge in [0.2, 0.25) is 47.3 Å². The number of nitrogens with zero attached hydrogens (tertiary/aromatic N) is 4. The third-order valence-corrected chi connectivity index (χ3v) is 27.5. The molecule has 4 saturated heterocycles. The van der Waals surface area contributed by atoms with Crippen molar-refractivity contribution in [1.82, 2.24) is 62.1 Å². The first kappa shape index (κ1) is 89.8. The molecule has 8 N–H and O–H groups in total. The van der Waals surface area contributed by atoms with E-state index in [1.165, 1.54) is 4.90 Å². The maximum Gasteiger partial charge on any atom is 0.253 e. The van der Waals surface area contributed by atoms with E-state index in [2.05, 4.69) is 91.1 Å². The highest BCUT2D eigenvalue weighted by Gasteiger charge is 2.53. The lowest BCUT2D eigenvalue weighted by Crippen LogP contribution is -2.43. The summed E-state index contributed by atoms with van der Waals surface area (Å²) in [6.07, 6.45) is 5.79. The van der Waals surface area contributed by atoms with Crippen molar-refractivity contribution in [1.29, 1.82) is 0 Å². The molecule has 12 amide bonds. The number of amides is 12. The van der Waals surface area contributed by atoms with Crippen molar-refractivity contribution < 1.29 is 57.5 Å². The molecular weight excluding hydrogens is 1660 g/mol. The lowest BCUT2D eigenvalue weighted by Gasteiger charge is -2.18. The first-order valence-electron chi connectivity index (χ1n) is 46.4. The van der Waals surface area contributed by atoms with E-state index >= 15 is 0 Å². The molecule has 0 radical (unpaired) electrons. The Kier molecular flexibility index (Phi) is 28.4. The van der Waals surface area contributed by atoms with Gasteiger partial charge in [0, 0.05) is 149 Å². The van der Waals surface area contributed by atoms with Gasteiger partial charge in [-0.15, -0.1) is 0 Å². The van der Waals surface area contributed by atoms with Crippen LogP contribution in [0, 0.1) is 47.3 Å². The predicted molar refractivity (Wildman–Crippen MR) is 500 cm³/mol. The first-order chi connectivity index (χ1) is 64.4. The molecule has 4 saturated carbocycles. The molecule has 4 aliphatic heterocycles. The molecule has 8 fully saturated rings. The fourth-order valence-corrected chi connectivity index (χ4v) is 19.5. The molecule has 4 aliphatic carbocycles. The van der Waals surface area contributed by atoms with Gasteiger partial charge < -0.3 is 62.1 Å². The summed E-state index contributed by atoms with van der Waals surface area (Å²) < 4.78 is 0. The van der Waals surface area contributed by atoms with Gasteiger partial charge in [-0.1, -0.05) is 243 Å². The van der Waals surface area contributed by atoms with Gasteiger partial charge in [-0.05, 0) is 144 Å². The average molecular weight is 1770 g/mol. The van der Waals surface area contributed by atoms with Crippen molar-refractivity contribution in [3.63, 3.8) is 0 Å². The van der Waals surface area contributed by atoms with Gasteiger partial charge in [-0.2, -0.15) is 0 Å². The Bertz CT molecular complexity index is 5610. The van der Waals surface area contributed by atoms with Crippen LogP contribution in [-0.2, 0) is 64.0 Å². The molecule has 0 spiro atoms. The van der Waals surface area contributed by atoms with Gasteiger partial charge in [0.25, 0.3) is 23.6 Å². The maximum atomic E-state index is 14.2. The summed E-state index contributed by atoms with van der Waals surface area (Å²) in [4.78, 5) is 173. The quantitative estimate of drug-likeness (QED) is 0.0195. The molecule has 1 unspecified atom stereocenters. The van der Waals surface area contributed by atoms with Crippen molar-refractivity contribution in [2.45, 2.75) is 99.2 Å². The molecule has 16 atom stereocenters. The highest BCUT2D eigenvalue weighted by atomic mass is 16.2. The van der Waals surface area contributed by atoms with Crippen molar-refractivity contribution in [2.24, 2.45) is 47.3 Å². The Balaban J connectivity index is 0.000000184. The zero-order chi connectivity index (χ0) is 91.1. The van der Waals surface area contributed by atoms with E-state index < -0.39 is 47.3 Å². The maximum absolute atomic E-state index is 14.2. The van der Waals surface area contributed by atoms with Crippen molar-refractivity contribution in [3.05, 3.63) is 358 Å². The predicted octanol–water partition coefficient (Wildman–Crippen LogP) is 10.3. The van der Waals surface area contributed by atoms with Crippen LogP contribution in [0.3, 0.4) is 0 Å². The van der Waals surface area contributed by atoms with E-state index in [1.54, 1.807) is 63.2 Å². The van der Waals surface area contributed by atoms with Crippen molar-refractivity contribution in [3.8, 4) is 0 Å². The Labute approximate surface area is 769 Å². The van der Waals surface area contributed by atoms with Gasteiger partial charge in [0.05, 0.1) is 47.3 Å². The van der Waals surface area contributed by atoms with E-state index in [9.17, 15) is 57.5 Å². The van der Waals surface area contributed by atoms with Crippen LogP contribution in [0.15, 0.2) is 291 Å². The summed E-state index contributed by atoms with van der Waals surface area (Å²) in [5.74, 6) is -8.54. The van der Waals surface area contributed by atoms with Crippen LogP contribution in [-0.4, -0.2) is 193 Å². The molecule has 18 rings (SSSR count). The highest BCUT2D eigenvalue weighted by Crippen LogP contribution is 2.45. The molecule has 24 nitrogen and oxygen atoms in total.